The fourth-order valence-electron chi connectivity index (χ4n) is 3.77. The molecular weight excluding hydrogens is 358 g/mol. The van der Waals surface area contributed by atoms with E-state index >= 15 is 0 Å². The summed E-state index contributed by atoms with van der Waals surface area (Å²) in [5, 5.41) is 11.3. The largest absolute Gasteiger partial charge is 0.486 e. The van der Waals surface area contributed by atoms with Crippen LogP contribution < -0.4 is 14.8 Å². The summed E-state index contributed by atoms with van der Waals surface area (Å²) in [7, 11) is 0. The zero-order chi connectivity index (χ0) is 19.5. The van der Waals surface area contributed by atoms with Crippen LogP contribution in [0, 0.1) is 5.92 Å². The highest BCUT2D eigenvalue weighted by Crippen LogP contribution is 2.32. The number of carbonyl (C=O) groups excluding carboxylic acids is 1. The van der Waals surface area contributed by atoms with Crippen molar-refractivity contribution in [2.75, 3.05) is 31.6 Å². The molecule has 2 amide bonds. The number of benzene rings is 1. The van der Waals surface area contributed by atoms with E-state index in [4.69, 9.17) is 9.47 Å². The Bertz CT molecular complexity index is 827. The Hall–Kier alpha value is -2.77. The number of urea groups is 1. The van der Waals surface area contributed by atoms with Gasteiger partial charge < -0.3 is 24.3 Å². The zero-order valence-electron chi connectivity index (χ0n) is 16.4. The van der Waals surface area contributed by atoms with Crippen molar-refractivity contribution in [2.24, 2.45) is 5.92 Å². The van der Waals surface area contributed by atoms with E-state index in [1.807, 2.05) is 23.1 Å². The molecule has 0 saturated carbocycles. The van der Waals surface area contributed by atoms with Gasteiger partial charge in [-0.1, -0.05) is 0 Å². The van der Waals surface area contributed by atoms with Gasteiger partial charge in [0.25, 0.3) is 0 Å². The Balaban J connectivity index is 1.30. The fraction of sp³-hybridized carbons (Fsp3) is 0.550. The Morgan fingerprint density at radius 3 is 2.71 bits per heavy atom. The number of amides is 2. The first-order chi connectivity index (χ1) is 13.6. The molecule has 0 radical (unpaired) electrons. The van der Waals surface area contributed by atoms with Crippen molar-refractivity contribution < 1.29 is 14.3 Å². The summed E-state index contributed by atoms with van der Waals surface area (Å²) >= 11 is 0. The lowest BCUT2D eigenvalue weighted by molar-refractivity contribution is 0.171. The first-order valence-electron chi connectivity index (χ1n) is 9.94. The molecule has 1 aromatic heterocycles. The second kappa shape index (κ2) is 8.08. The van der Waals surface area contributed by atoms with Gasteiger partial charge in [-0.3, -0.25) is 0 Å². The van der Waals surface area contributed by atoms with Gasteiger partial charge in [-0.05, 0) is 44.7 Å². The molecule has 0 bridgehead atoms. The normalized spacial score (nSPS) is 17.0. The fourth-order valence-corrected chi connectivity index (χ4v) is 3.77. The van der Waals surface area contributed by atoms with Crippen molar-refractivity contribution in [3.05, 3.63) is 30.4 Å². The second-order valence-electron chi connectivity index (χ2n) is 7.67. The molecule has 8 nitrogen and oxygen atoms in total. The number of hydrogen-bond acceptors (Lipinski definition) is 5. The highest BCUT2D eigenvalue weighted by Gasteiger charge is 2.25. The van der Waals surface area contributed by atoms with Crippen LogP contribution in [-0.2, 0) is 6.42 Å². The summed E-state index contributed by atoms with van der Waals surface area (Å²) in [6.07, 6.45) is 4.66. The maximum atomic E-state index is 12.6. The predicted molar refractivity (Wildman–Crippen MR) is 105 cm³/mol. The zero-order valence-corrected chi connectivity index (χ0v) is 16.4. The molecule has 0 unspecified atom stereocenters. The maximum Gasteiger partial charge on any atom is 0.321 e. The Morgan fingerprint density at radius 2 is 1.96 bits per heavy atom. The number of anilines is 1. The van der Waals surface area contributed by atoms with Gasteiger partial charge in [-0.15, -0.1) is 10.2 Å². The number of ether oxygens (including phenoxy) is 2. The van der Waals surface area contributed by atoms with Crippen LogP contribution >= 0.6 is 0 Å². The summed E-state index contributed by atoms with van der Waals surface area (Å²) in [6.45, 7) is 6.85. The second-order valence-corrected chi connectivity index (χ2v) is 7.67. The number of nitrogens with zero attached hydrogens (tertiary/aromatic N) is 4. The summed E-state index contributed by atoms with van der Waals surface area (Å²) in [5.41, 5.74) is 0.724. The number of carbonyl (C=O) groups is 1. The van der Waals surface area contributed by atoms with E-state index in [1.165, 1.54) is 0 Å². The van der Waals surface area contributed by atoms with E-state index in [0.29, 0.717) is 30.9 Å². The first kappa shape index (κ1) is 18.6. The van der Waals surface area contributed by atoms with Gasteiger partial charge in [0.05, 0.1) is 0 Å². The maximum absolute atomic E-state index is 12.6. The third-order valence-electron chi connectivity index (χ3n) is 5.37. The monoisotopic (exact) mass is 385 g/mol. The summed E-state index contributed by atoms with van der Waals surface area (Å²) in [6, 6.07) is 5.79. The molecule has 2 aliphatic heterocycles. The number of likely N-dealkylation sites (tertiary alicyclic amines) is 1. The van der Waals surface area contributed by atoms with Gasteiger partial charge in [-0.2, -0.15) is 0 Å². The summed E-state index contributed by atoms with van der Waals surface area (Å²) in [4.78, 5) is 14.5. The molecule has 3 heterocycles. The van der Waals surface area contributed by atoms with Crippen molar-refractivity contribution in [1.82, 2.24) is 19.7 Å². The van der Waals surface area contributed by atoms with Gasteiger partial charge in [0.1, 0.15) is 25.4 Å². The topological polar surface area (TPSA) is 81.5 Å². The molecule has 0 atom stereocenters. The average molecular weight is 385 g/mol. The quantitative estimate of drug-likeness (QED) is 0.875. The predicted octanol–water partition coefficient (Wildman–Crippen LogP) is 3.12. The Kier molecular flexibility index (Phi) is 5.36. The van der Waals surface area contributed by atoms with E-state index in [-0.39, 0.29) is 6.03 Å². The lowest BCUT2D eigenvalue weighted by atomic mass is 9.93. The van der Waals surface area contributed by atoms with Crippen LogP contribution in [0.15, 0.2) is 24.5 Å². The average Bonchev–Trinajstić information content (AvgIpc) is 3.17. The molecule has 4 rings (SSSR count). The van der Waals surface area contributed by atoms with Gasteiger partial charge in [0.15, 0.2) is 11.5 Å². The van der Waals surface area contributed by atoms with Gasteiger partial charge in [-0.25, -0.2) is 4.79 Å². The van der Waals surface area contributed by atoms with Crippen molar-refractivity contribution >= 4 is 11.7 Å². The minimum absolute atomic E-state index is 0.0690. The van der Waals surface area contributed by atoms with E-state index in [9.17, 15) is 4.79 Å². The first-order valence-corrected chi connectivity index (χ1v) is 9.94. The number of hydrogen-bond donors (Lipinski definition) is 1. The number of aromatic nitrogens is 3. The van der Waals surface area contributed by atoms with E-state index in [0.717, 1.165) is 49.6 Å². The molecule has 28 heavy (non-hydrogen) atoms. The summed E-state index contributed by atoms with van der Waals surface area (Å²) in [5.74, 6) is 2.96. The molecule has 150 valence electrons. The third-order valence-corrected chi connectivity index (χ3v) is 5.37. The van der Waals surface area contributed by atoms with E-state index < -0.39 is 0 Å². The minimum Gasteiger partial charge on any atom is -0.486 e. The lowest BCUT2D eigenvalue weighted by Gasteiger charge is -2.32. The molecule has 8 heteroatoms. The van der Waals surface area contributed by atoms with Crippen LogP contribution in [0.4, 0.5) is 10.5 Å². The van der Waals surface area contributed by atoms with Gasteiger partial charge in [0, 0.05) is 37.3 Å². The van der Waals surface area contributed by atoms with E-state index in [2.05, 4.69) is 33.9 Å². The van der Waals surface area contributed by atoms with Crippen LogP contribution in [0.2, 0.25) is 0 Å². The van der Waals surface area contributed by atoms with E-state index in [1.54, 1.807) is 6.33 Å². The molecule has 1 fully saturated rings. The molecule has 0 spiro atoms. The van der Waals surface area contributed by atoms with Crippen molar-refractivity contribution in [2.45, 2.75) is 39.2 Å². The Morgan fingerprint density at radius 1 is 1.21 bits per heavy atom. The minimum atomic E-state index is -0.0690. The smallest absolute Gasteiger partial charge is 0.321 e. The number of nitrogens with one attached hydrogen (secondary N) is 1. The van der Waals surface area contributed by atoms with Crippen LogP contribution in [0.5, 0.6) is 11.5 Å². The highest BCUT2D eigenvalue weighted by atomic mass is 16.6. The molecule has 2 aliphatic rings. The molecule has 1 N–H and O–H groups in total. The summed E-state index contributed by atoms with van der Waals surface area (Å²) < 4.78 is 13.2. The van der Waals surface area contributed by atoms with Crippen LogP contribution in [0.1, 0.15) is 38.6 Å². The number of fused-ring (bicyclic) bond motifs is 1. The van der Waals surface area contributed by atoms with Crippen LogP contribution in [-0.4, -0.2) is 52.0 Å². The third kappa shape index (κ3) is 4.05. The highest BCUT2D eigenvalue weighted by molar-refractivity contribution is 5.89. The Labute approximate surface area is 164 Å². The van der Waals surface area contributed by atoms with Gasteiger partial charge in [0.2, 0.25) is 0 Å². The van der Waals surface area contributed by atoms with Gasteiger partial charge >= 0.3 is 6.03 Å². The van der Waals surface area contributed by atoms with Crippen molar-refractivity contribution in [3.63, 3.8) is 0 Å². The lowest BCUT2D eigenvalue weighted by Crippen LogP contribution is -2.41. The van der Waals surface area contributed by atoms with Crippen LogP contribution in [0.25, 0.3) is 0 Å². The molecule has 1 aromatic carbocycles. The van der Waals surface area contributed by atoms with Crippen molar-refractivity contribution in [1.29, 1.82) is 0 Å². The molecule has 0 aliphatic carbocycles. The van der Waals surface area contributed by atoms with Crippen molar-refractivity contribution in [3.8, 4) is 11.5 Å². The molecule has 2 aromatic rings. The van der Waals surface area contributed by atoms with Crippen LogP contribution in [0.3, 0.4) is 0 Å². The number of rotatable bonds is 4. The standard InChI is InChI=1S/C20H27N5O3/c1-14(2)25-13-21-23-19(25)11-15-5-7-24(8-6-15)20(26)22-16-3-4-17-18(12-16)28-10-9-27-17/h3-4,12-15H,5-11H2,1-2H3,(H,22,26). The molecular formula is C20H27N5O3. The SMILES string of the molecule is CC(C)n1cnnc1CC1CCN(C(=O)Nc2ccc3c(c2)OCCO3)CC1. The molecule has 1 saturated heterocycles. The number of piperidine rings is 1.